The van der Waals surface area contributed by atoms with Crippen molar-refractivity contribution in [2.45, 2.75) is 12.8 Å². The van der Waals surface area contributed by atoms with E-state index >= 15 is 0 Å². The van der Waals surface area contributed by atoms with E-state index in [9.17, 15) is 24.0 Å². The minimum atomic E-state index is -1.26. The highest BCUT2D eigenvalue weighted by Crippen LogP contribution is 1.94. The van der Waals surface area contributed by atoms with E-state index in [1.165, 1.54) is 0 Å². The molecule has 0 saturated carbocycles. The molecule has 0 aromatic carbocycles. The van der Waals surface area contributed by atoms with Crippen molar-refractivity contribution >= 4 is 29.8 Å². The summed E-state index contributed by atoms with van der Waals surface area (Å²) in [5.74, 6) is -5.08. The Labute approximate surface area is 202 Å². The largest absolute Gasteiger partial charge is 0.478 e. The summed E-state index contributed by atoms with van der Waals surface area (Å²) in [7, 11) is 4.15. The summed E-state index contributed by atoms with van der Waals surface area (Å²) in [6.07, 6.45) is 7.56. The van der Waals surface area contributed by atoms with Gasteiger partial charge in [-0.2, -0.15) is 0 Å². The first-order valence-corrected chi connectivity index (χ1v) is 10.3. The standard InChI is InChI=1S/C14H24N4O.2C4H4O4/c1-18(2)11-5-9-15-8-4-10-17-14(19)13-6-3-7-16-12-13;2*5-3(6)1-2-4(7)8/h3,6-7,12,15H,4-5,8-11H2,1-2H3,(H,17,19);2*1-2H,(H,5,6)(H,7,8)/b;2*2-1-. The Balaban J connectivity index is 0. The van der Waals surface area contributed by atoms with Crippen molar-refractivity contribution in [3.63, 3.8) is 0 Å². The number of nitrogens with zero attached hydrogens (tertiary/aromatic N) is 2. The predicted octanol–water partition coefficient (Wildman–Crippen LogP) is 0.166. The fraction of sp³-hybridized carbons (Fsp3) is 0.364. The number of carbonyl (C=O) groups excluding carboxylic acids is 1. The van der Waals surface area contributed by atoms with Gasteiger partial charge in [0.1, 0.15) is 0 Å². The minimum Gasteiger partial charge on any atom is -0.478 e. The summed E-state index contributed by atoms with van der Waals surface area (Å²) >= 11 is 0. The number of rotatable bonds is 13. The molecule has 0 aliphatic rings. The molecule has 0 aliphatic heterocycles. The number of pyridine rings is 1. The van der Waals surface area contributed by atoms with Gasteiger partial charge < -0.3 is 36.0 Å². The van der Waals surface area contributed by atoms with Gasteiger partial charge in [-0.05, 0) is 58.7 Å². The molecular formula is C22H32N4O9. The van der Waals surface area contributed by atoms with E-state index in [0.29, 0.717) is 36.4 Å². The summed E-state index contributed by atoms with van der Waals surface area (Å²) in [5, 5.41) is 37.5. The lowest BCUT2D eigenvalue weighted by atomic mass is 10.2. The van der Waals surface area contributed by atoms with Crippen molar-refractivity contribution in [3.8, 4) is 0 Å². The molecule has 0 bridgehead atoms. The van der Waals surface area contributed by atoms with Crippen molar-refractivity contribution in [1.82, 2.24) is 20.5 Å². The molecule has 0 atom stereocenters. The number of hydrogen-bond donors (Lipinski definition) is 6. The SMILES string of the molecule is CN(C)CCCNCCCNC(=O)c1cccnc1.O=C(O)/C=C\C(=O)O.O=C(O)/C=C\C(=O)O. The third-order valence-corrected chi connectivity index (χ3v) is 3.44. The van der Waals surface area contributed by atoms with Crippen LogP contribution < -0.4 is 10.6 Å². The summed E-state index contributed by atoms with van der Waals surface area (Å²) in [6, 6.07) is 3.53. The van der Waals surface area contributed by atoms with E-state index in [0.717, 1.165) is 32.5 Å². The molecule has 1 rings (SSSR count). The van der Waals surface area contributed by atoms with E-state index in [4.69, 9.17) is 20.4 Å². The van der Waals surface area contributed by atoms with Crippen LogP contribution in [0.5, 0.6) is 0 Å². The van der Waals surface area contributed by atoms with Gasteiger partial charge in [0.2, 0.25) is 0 Å². The van der Waals surface area contributed by atoms with Crippen molar-refractivity contribution in [3.05, 3.63) is 54.4 Å². The van der Waals surface area contributed by atoms with Gasteiger partial charge in [0.25, 0.3) is 5.91 Å². The highest BCUT2D eigenvalue weighted by molar-refractivity contribution is 5.93. The van der Waals surface area contributed by atoms with Gasteiger partial charge in [-0.15, -0.1) is 0 Å². The molecule has 13 heteroatoms. The number of nitrogens with one attached hydrogen (secondary N) is 2. The van der Waals surface area contributed by atoms with Gasteiger partial charge in [0.15, 0.2) is 0 Å². The van der Waals surface area contributed by atoms with E-state index in [2.05, 4.69) is 34.6 Å². The molecule has 0 saturated heterocycles. The number of aliphatic carboxylic acids is 4. The third kappa shape index (κ3) is 27.9. The van der Waals surface area contributed by atoms with Crippen LogP contribution in [0, 0.1) is 0 Å². The van der Waals surface area contributed by atoms with E-state index in [1.54, 1.807) is 24.5 Å². The van der Waals surface area contributed by atoms with Gasteiger partial charge in [0, 0.05) is 43.2 Å². The van der Waals surface area contributed by atoms with Crippen LogP contribution in [0.4, 0.5) is 0 Å². The summed E-state index contributed by atoms with van der Waals surface area (Å²) < 4.78 is 0. The monoisotopic (exact) mass is 496 g/mol. The fourth-order valence-electron chi connectivity index (χ4n) is 1.94. The van der Waals surface area contributed by atoms with Gasteiger partial charge in [-0.3, -0.25) is 9.78 Å². The topological polar surface area (TPSA) is 206 Å². The molecule has 0 aliphatic carbocycles. The van der Waals surface area contributed by atoms with Crippen LogP contribution in [0.25, 0.3) is 0 Å². The molecular weight excluding hydrogens is 464 g/mol. The Bertz CT molecular complexity index is 775. The highest BCUT2D eigenvalue weighted by atomic mass is 16.4. The third-order valence-electron chi connectivity index (χ3n) is 3.44. The lowest BCUT2D eigenvalue weighted by Gasteiger charge is -2.10. The summed E-state index contributed by atoms with van der Waals surface area (Å²) in [4.78, 5) is 56.0. The molecule has 13 nitrogen and oxygen atoms in total. The van der Waals surface area contributed by atoms with Crippen LogP contribution in [-0.4, -0.2) is 100 Å². The fourth-order valence-corrected chi connectivity index (χ4v) is 1.94. The maximum atomic E-state index is 11.7. The molecule has 0 radical (unpaired) electrons. The number of carboxylic acids is 4. The number of amides is 1. The molecule has 6 N–H and O–H groups in total. The molecule has 1 heterocycles. The smallest absolute Gasteiger partial charge is 0.328 e. The Morgan fingerprint density at radius 3 is 1.71 bits per heavy atom. The number of hydrogen-bond acceptors (Lipinski definition) is 8. The van der Waals surface area contributed by atoms with Crippen LogP contribution in [0.15, 0.2) is 48.8 Å². The Hall–Kier alpha value is -4.10. The van der Waals surface area contributed by atoms with Crippen molar-refractivity contribution in [1.29, 1.82) is 0 Å². The first kappa shape index (κ1) is 33.1. The maximum Gasteiger partial charge on any atom is 0.328 e. The first-order chi connectivity index (χ1) is 16.5. The van der Waals surface area contributed by atoms with Crippen LogP contribution in [0.1, 0.15) is 23.2 Å². The molecule has 0 fully saturated rings. The molecule has 35 heavy (non-hydrogen) atoms. The van der Waals surface area contributed by atoms with Crippen molar-refractivity contribution in [2.75, 3.05) is 40.3 Å². The van der Waals surface area contributed by atoms with Gasteiger partial charge in [-0.25, -0.2) is 19.2 Å². The molecule has 1 amide bonds. The Morgan fingerprint density at radius 2 is 1.31 bits per heavy atom. The van der Waals surface area contributed by atoms with Crippen LogP contribution >= 0.6 is 0 Å². The van der Waals surface area contributed by atoms with Gasteiger partial charge in [-0.1, -0.05) is 0 Å². The quantitative estimate of drug-likeness (QED) is 0.160. The van der Waals surface area contributed by atoms with Gasteiger partial charge >= 0.3 is 23.9 Å². The average molecular weight is 497 g/mol. The first-order valence-electron chi connectivity index (χ1n) is 10.3. The number of carboxylic acid groups (broad SMARTS) is 4. The van der Waals surface area contributed by atoms with Gasteiger partial charge in [0.05, 0.1) is 5.56 Å². The number of aromatic nitrogens is 1. The zero-order chi connectivity index (χ0) is 27.1. The average Bonchev–Trinajstić information content (AvgIpc) is 2.79. The van der Waals surface area contributed by atoms with E-state index in [1.807, 2.05) is 0 Å². The zero-order valence-corrected chi connectivity index (χ0v) is 19.6. The lowest BCUT2D eigenvalue weighted by Crippen LogP contribution is -2.28. The normalized spacial score (nSPS) is 10.1. The summed E-state index contributed by atoms with van der Waals surface area (Å²) in [6.45, 7) is 3.74. The predicted molar refractivity (Wildman–Crippen MR) is 126 cm³/mol. The molecule has 1 aromatic rings. The van der Waals surface area contributed by atoms with Crippen LogP contribution in [0.3, 0.4) is 0 Å². The molecule has 194 valence electrons. The Morgan fingerprint density at radius 1 is 0.829 bits per heavy atom. The second-order valence-corrected chi connectivity index (χ2v) is 6.78. The molecule has 1 aromatic heterocycles. The molecule has 0 spiro atoms. The zero-order valence-electron chi connectivity index (χ0n) is 19.6. The Kier molecular flexibility index (Phi) is 20.5. The van der Waals surface area contributed by atoms with E-state index in [-0.39, 0.29) is 5.91 Å². The summed E-state index contributed by atoms with van der Waals surface area (Å²) in [5.41, 5.74) is 0.612. The van der Waals surface area contributed by atoms with Crippen molar-refractivity contribution in [2.24, 2.45) is 0 Å². The number of carbonyl (C=O) groups is 5. The second-order valence-electron chi connectivity index (χ2n) is 6.78. The second kappa shape index (κ2) is 21.7. The lowest BCUT2D eigenvalue weighted by molar-refractivity contribution is -0.134. The van der Waals surface area contributed by atoms with E-state index < -0.39 is 23.9 Å². The highest BCUT2D eigenvalue weighted by Gasteiger charge is 2.03. The van der Waals surface area contributed by atoms with Crippen LogP contribution in [0.2, 0.25) is 0 Å². The van der Waals surface area contributed by atoms with Crippen molar-refractivity contribution < 1.29 is 44.4 Å². The molecule has 0 unspecified atom stereocenters. The minimum absolute atomic E-state index is 0.0549. The maximum absolute atomic E-state index is 11.7. The van der Waals surface area contributed by atoms with Crippen LogP contribution in [-0.2, 0) is 19.2 Å².